The van der Waals surface area contributed by atoms with E-state index in [4.69, 9.17) is 4.74 Å². The van der Waals surface area contributed by atoms with Gasteiger partial charge in [-0.1, -0.05) is 40.2 Å². The number of aromatic hydroxyl groups is 1. The van der Waals surface area contributed by atoms with Crippen molar-refractivity contribution in [1.82, 2.24) is 5.43 Å². The molecule has 0 aromatic heterocycles. The molecule has 0 radical (unpaired) electrons. The van der Waals surface area contributed by atoms with Crippen LogP contribution in [0.5, 0.6) is 11.5 Å². The van der Waals surface area contributed by atoms with Crippen LogP contribution in [0.25, 0.3) is 10.8 Å². The van der Waals surface area contributed by atoms with Gasteiger partial charge in [0.15, 0.2) is 0 Å². The second-order valence-electron chi connectivity index (χ2n) is 5.42. The zero-order chi connectivity index (χ0) is 18.7. The van der Waals surface area contributed by atoms with Gasteiger partial charge in [0.2, 0.25) is 0 Å². The summed E-state index contributed by atoms with van der Waals surface area (Å²) in [5.41, 5.74) is 3.36. The van der Waals surface area contributed by atoms with E-state index < -0.39 is 5.91 Å². The fraction of sp³-hybridized carbons (Fsp3) is 0.0526. The number of carbonyl (C=O) groups is 1. The standard InChI is InChI=1S/C19H14BrIN2O3/c1-26-17-8-12-5-3-2-4-11(12)7-15(17)19(25)23-22-10-13-6-14(20)9-16(21)18(13)24/h2-10,24H,1H3,(H,23,25)/b22-10+. The number of phenolic OH excluding ortho intramolecular Hbond substituents is 1. The van der Waals surface area contributed by atoms with Crippen LogP contribution < -0.4 is 10.2 Å². The normalized spacial score (nSPS) is 11.0. The fourth-order valence-electron chi connectivity index (χ4n) is 2.47. The molecule has 0 spiro atoms. The molecule has 0 aliphatic carbocycles. The lowest BCUT2D eigenvalue weighted by molar-refractivity contribution is 0.0952. The van der Waals surface area contributed by atoms with Crippen LogP contribution in [-0.2, 0) is 0 Å². The lowest BCUT2D eigenvalue weighted by Crippen LogP contribution is -2.18. The van der Waals surface area contributed by atoms with Crippen molar-refractivity contribution >= 4 is 61.4 Å². The molecule has 0 fully saturated rings. The van der Waals surface area contributed by atoms with Gasteiger partial charge in [0.1, 0.15) is 11.5 Å². The first-order valence-corrected chi connectivity index (χ1v) is 9.45. The Hall–Kier alpha value is -2.13. The van der Waals surface area contributed by atoms with Crippen molar-refractivity contribution in [3.8, 4) is 11.5 Å². The maximum atomic E-state index is 12.5. The topological polar surface area (TPSA) is 70.9 Å². The zero-order valence-electron chi connectivity index (χ0n) is 13.7. The molecule has 0 saturated carbocycles. The summed E-state index contributed by atoms with van der Waals surface area (Å²) in [7, 11) is 1.52. The summed E-state index contributed by atoms with van der Waals surface area (Å²) < 4.78 is 6.82. The number of halogens is 2. The monoisotopic (exact) mass is 524 g/mol. The molecule has 132 valence electrons. The number of hydrogen-bond acceptors (Lipinski definition) is 4. The molecule has 0 saturated heterocycles. The minimum absolute atomic E-state index is 0.107. The summed E-state index contributed by atoms with van der Waals surface area (Å²) in [6.07, 6.45) is 1.40. The highest BCUT2D eigenvalue weighted by Crippen LogP contribution is 2.28. The second-order valence-corrected chi connectivity index (χ2v) is 7.50. The lowest BCUT2D eigenvalue weighted by atomic mass is 10.1. The molecule has 0 unspecified atom stereocenters. The van der Waals surface area contributed by atoms with Crippen molar-refractivity contribution in [2.45, 2.75) is 0 Å². The van der Waals surface area contributed by atoms with E-state index in [1.165, 1.54) is 13.3 Å². The summed E-state index contributed by atoms with van der Waals surface area (Å²) in [4.78, 5) is 12.5. The number of amides is 1. The molecular weight excluding hydrogens is 511 g/mol. The highest BCUT2D eigenvalue weighted by Gasteiger charge is 2.13. The van der Waals surface area contributed by atoms with Gasteiger partial charge in [-0.05, 0) is 57.6 Å². The Morgan fingerprint density at radius 2 is 1.92 bits per heavy atom. The summed E-state index contributed by atoms with van der Waals surface area (Å²) in [5.74, 6) is 0.180. The number of methoxy groups -OCH3 is 1. The number of carbonyl (C=O) groups excluding carboxylic acids is 1. The third kappa shape index (κ3) is 3.99. The van der Waals surface area contributed by atoms with Gasteiger partial charge in [-0.2, -0.15) is 5.10 Å². The van der Waals surface area contributed by atoms with E-state index in [1.54, 1.807) is 18.2 Å². The summed E-state index contributed by atoms with van der Waals surface area (Å²) in [6, 6.07) is 14.8. The van der Waals surface area contributed by atoms with E-state index in [9.17, 15) is 9.90 Å². The lowest BCUT2D eigenvalue weighted by Gasteiger charge is -2.09. The van der Waals surface area contributed by atoms with Crippen molar-refractivity contribution < 1.29 is 14.6 Å². The van der Waals surface area contributed by atoms with Gasteiger partial charge >= 0.3 is 0 Å². The molecule has 3 rings (SSSR count). The van der Waals surface area contributed by atoms with Crippen molar-refractivity contribution in [1.29, 1.82) is 0 Å². The highest BCUT2D eigenvalue weighted by molar-refractivity contribution is 14.1. The van der Waals surface area contributed by atoms with Crippen LogP contribution in [0.3, 0.4) is 0 Å². The predicted octanol–water partition coefficient (Wildman–Crippen LogP) is 4.69. The quantitative estimate of drug-likeness (QED) is 0.295. The van der Waals surface area contributed by atoms with Gasteiger partial charge in [0.25, 0.3) is 5.91 Å². The highest BCUT2D eigenvalue weighted by atomic mass is 127. The minimum Gasteiger partial charge on any atom is -0.506 e. The first-order chi connectivity index (χ1) is 12.5. The maximum absolute atomic E-state index is 12.5. The van der Waals surface area contributed by atoms with Crippen LogP contribution in [-0.4, -0.2) is 24.3 Å². The molecule has 0 aliphatic rings. The molecule has 26 heavy (non-hydrogen) atoms. The van der Waals surface area contributed by atoms with Crippen LogP contribution in [0, 0.1) is 3.57 Å². The van der Waals surface area contributed by atoms with E-state index in [-0.39, 0.29) is 5.75 Å². The van der Waals surface area contributed by atoms with E-state index in [1.807, 2.05) is 52.9 Å². The van der Waals surface area contributed by atoms with Crippen LogP contribution >= 0.6 is 38.5 Å². The Kier molecular flexibility index (Phi) is 5.77. The van der Waals surface area contributed by atoms with Gasteiger partial charge < -0.3 is 9.84 Å². The molecule has 0 aliphatic heterocycles. The summed E-state index contributed by atoms with van der Waals surface area (Å²) in [6.45, 7) is 0. The molecular formula is C19H14BrIN2O3. The molecule has 0 atom stereocenters. The third-order valence-electron chi connectivity index (χ3n) is 3.74. The van der Waals surface area contributed by atoms with Crippen LogP contribution in [0.15, 0.2) is 58.1 Å². The zero-order valence-corrected chi connectivity index (χ0v) is 17.4. The van der Waals surface area contributed by atoms with Crippen LogP contribution in [0.2, 0.25) is 0 Å². The number of nitrogens with one attached hydrogen (secondary N) is 1. The van der Waals surface area contributed by atoms with Gasteiger partial charge in [0, 0.05) is 10.0 Å². The molecule has 0 heterocycles. The van der Waals surface area contributed by atoms with E-state index in [2.05, 4.69) is 26.5 Å². The van der Waals surface area contributed by atoms with Crippen molar-refractivity contribution in [3.05, 3.63) is 67.7 Å². The number of benzene rings is 3. The van der Waals surface area contributed by atoms with Crippen molar-refractivity contribution in [2.24, 2.45) is 5.10 Å². The molecule has 3 aromatic rings. The Labute approximate surface area is 172 Å². The molecule has 7 heteroatoms. The van der Waals surface area contributed by atoms with Gasteiger partial charge in [-0.15, -0.1) is 0 Å². The predicted molar refractivity (Wildman–Crippen MR) is 114 cm³/mol. The summed E-state index contributed by atoms with van der Waals surface area (Å²) >= 11 is 5.39. The number of ether oxygens (including phenoxy) is 1. The molecule has 1 amide bonds. The van der Waals surface area contributed by atoms with Gasteiger partial charge in [-0.25, -0.2) is 5.43 Å². The molecule has 5 nitrogen and oxygen atoms in total. The smallest absolute Gasteiger partial charge is 0.275 e. The Morgan fingerprint density at radius 3 is 2.62 bits per heavy atom. The van der Waals surface area contributed by atoms with Crippen molar-refractivity contribution in [2.75, 3.05) is 7.11 Å². The number of hydrazone groups is 1. The maximum Gasteiger partial charge on any atom is 0.275 e. The first kappa shape index (κ1) is 18.7. The van der Waals surface area contributed by atoms with Gasteiger partial charge in [-0.3, -0.25) is 4.79 Å². The Morgan fingerprint density at radius 1 is 1.23 bits per heavy atom. The van der Waals surface area contributed by atoms with E-state index in [0.29, 0.717) is 20.4 Å². The SMILES string of the molecule is COc1cc2ccccc2cc1C(=O)N/N=C/c1cc(Br)cc(I)c1O. The molecule has 0 bridgehead atoms. The van der Waals surface area contributed by atoms with Crippen LogP contribution in [0.4, 0.5) is 0 Å². The number of rotatable bonds is 4. The second kappa shape index (κ2) is 8.05. The minimum atomic E-state index is -0.395. The number of fused-ring (bicyclic) bond motifs is 1. The Bertz CT molecular complexity index is 1020. The average Bonchev–Trinajstić information content (AvgIpc) is 2.64. The van der Waals surface area contributed by atoms with Crippen LogP contribution in [0.1, 0.15) is 15.9 Å². The molecule has 3 aromatic carbocycles. The number of phenols is 1. The average molecular weight is 525 g/mol. The third-order valence-corrected chi connectivity index (χ3v) is 5.02. The molecule has 2 N–H and O–H groups in total. The first-order valence-electron chi connectivity index (χ1n) is 7.58. The van der Waals surface area contributed by atoms with Crippen molar-refractivity contribution in [3.63, 3.8) is 0 Å². The van der Waals surface area contributed by atoms with E-state index in [0.717, 1.165) is 15.2 Å². The van der Waals surface area contributed by atoms with E-state index >= 15 is 0 Å². The number of nitrogens with zero attached hydrogens (tertiary/aromatic N) is 1. The number of hydrogen-bond donors (Lipinski definition) is 2. The van der Waals surface area contributed by atoms with Gasteiger partial charge in [0.05, 0.1) is 22.5 Å². The largest absolute Gasteiger partial charge is 0.506 e. The fourth-order valence-corrected chi connectivity index (χ4v) is 4.02. The summed E-state index contributed by atoms with van der Waals surface area (Å²) in [5, 5.41) is 15.9. The Balaban J connectivity index is 1.85.